The van der Waals surface area contributed by atoms with Crippen LogP contribution in [0.3, 0.4) is 0 Å². The van der Waals surface area contributed by atoms with Gasteiger partial charge in [0.2, 0.25) is 0 Å². The van der Waals surface area contributed by atoms with Crippen molar-refractivity contribution in [2.45, 2.75) is 72.3 Å². The molecule has 0 spiro atoms. The minimum Gasteiger partial charge on any atom is -0.374 e. The minimum atomic E-state index is 0.228. The van der Waals surface area contributed by atoms with Gasteiger partial charge in [-0.2, -0.15) is 0 Å². The van der Waals surface area contributed by atoms with E-state index < -0.39 is 0 Å². The maximum atomic E-state index is 5.68. The van der Waals surface area contributed by atoms with Crippen LogP contribution in [-0.4, -0.2) is 24.3 Å². The van der Waals surface area contributed by atoms with Crippen LogP contribution >= 0.6 is 0 Å². The molecule has 2 rings (SSSR count). The van der Waals surface area contributed by atoms with Crippen LogP contribution in [0.15, 0.2) is 39.8 Å². The molecule has 6 heteroatoms. The maximum absolute atomic E-state index is 5.68. The molecule has 0 atom stereocenters. The second-order valence-electron chi connectivity index (χ2n) is 7.19. The van der Waals surface area contributed by atoms with Crippen molar-refractivity contribution in [3.05, 3.63) is 52.9 Å². The smallest absolute Gasteiger partial charge is 0.191 e. The third-order valence-corrected chi connectivity index (χ3v) is 4.67. The summed E-state index contributed by atoms with van der Waals surface area (Å²) in [5.41, 5.74) is 3.39. The lowest BCUT2D eigenvalue weighted by Crippen LogP contribution is -2.36. The fraction of sp³-hybridized carbons (Fsp3) is 0.545. The van der Waals surface area contributed by atoms with E-state index in [1.54, 1.807) is 7.05 Å². The Kier molecular flexibility index (Phi) is 9.01. The summed E-state index contributed by atoms with van der Waals surface area (Å²) < 4.78 is 11.1. The topological polar surface area (TPSA) is 71.7 Å². The first-order chi connectivity index (χ1) is 13.5. The van der Waals surface area contributed by atoms with E-state index in [4.69, 9.17) is 9.26 Å². The van der Waals surface area contributed by atoms with Crippen molar-refractivity contribution in [3.63, 3.8) is 0 Å². The quantitative estimate of drug-likeness (QED) is 0.469. The predicted molar refractivity (Wildman–Crippen MR) is 113 cm³/mol. The molecule has 0 fully saturated rings. The normalized spacial score (nSPS) is 12.0. The van der Waals surface area contributed by atoms with Crippen LogP contribution in [0.2, 0.25) is 0 Å². The highest BCUT2D eigenvalue weighted by atomic mass is 16.5. The number of benzene rings is 1. The van der Waals surface area contributed by atoms with Crippen LogP contribution in [0.5, 0.6) is 0 Å². The Morgan fingerprint density at radius 2 is 1.82 bits per heavy atom. The number of ether oxygens (including phenoxy) is 1. The summed E-state index contributed by atoms with van der Waals surface area (Å²) in [4.78, 5) is 4.28. The van der Waals surface area contributed by atoms with Crippen LogP contribution in [0.4, 0.5) is 0 Å². The summed E-state index contributed by atoms with van der Waals surface area (Å²) >= 11 is 0. The van der Waals surface area contributed by atoms with E-state index in [1.165, 1.54) is 11.1 Å². The van der Waals surface area contributed by atoms with Crippen LogP contribution in [-0.2, 0) is 24.4 Å². The molecule has 0 bridgehead atoms. The SMILES string of the molecule is CCC(CC)c1cc(CNC(=NC)NCc2cccc(COC(C)C)c2)on1. The van der Waals surface area contributed by atoms with Crippen molar-refractivity contribution in [2.24, 2.45) is 4.99 Å². The molecule has 0 unspecified atom stereocenters. The number of nitrogens with one attached hydrogen (secondary N) is 2. The van der Waals surface area contributed by atoms with Gasteiger partial charge in [0, 0.05) is 25.6 Å². The van der Waals surface area contributed by atoms with E-state index in [0.29, 0.717) is 25.6 Å². The van der Waals surface area contributed by atoms with Gasteiger partial charge in [-0.25, -0.2) is 0 Å². The molecule has 0 aliphatic heterocycles. The average molecular weight is 387 g/mol. The zero-order valence-electron chi connectivity index (χ0n) is 17.8. The van der Waals surface area contributed by atoms with Crippen LogP contribution in [0, 0.1) is 0 Å². The summed E-state index contributed by atoms with van der Waals surface area (Å²) in [6.45, 7) is 10.3. The third-order valence-electron chi connectivity index (χ3n) is 4.67. The molecule has 0 aliphatic carbocycles. The summed E-state index contributed by atoms with van der Waals surface area (Å²) in [7, 11) is 1.76. The number of aliphatic imine (C=N–C) groups is 1. The minimum absolute atomic E-state index is 0.228. The summed E-state index contributed by atoms with van der Waals surface area (Å²) in [6, 6.07) is 10.4. The Morgan fingerprint density at radius 1 is 1.11 bits per heavy atom. The lowest BCUT2D eigenvalue weighted by Gasteiger charge is -2.12. The Balaban J connectivity index is 1.84. The molecule has 0 amide bonds. The summed E-state index contributed by atoms with van der Waals surface area (Å²) in [6.07, 6.45) is 2.37. The molecular formula is C22H34N4O2. The van der Waals surface area contributed by atoms with E-state index in [2.05, 4.69) is 58.9 Å². The Labute approximate surface area is 168 Å². The van der Waals surface area contributed by atoms with Crippen LogP contribution in [0.1, 0.15) is 69.0 Å². The molecule has 0 radical (unpaired) electrons. The number of hydrogen-bond donors (Lipinski definition) is 2. The van der Waals surface area contributed by atoms with Gasteiger partial charge in [0.1, 0.15) is 0 Å². The molecule has 1 aromatic heterocycles. The van der Waals surface area contributed by atoms with Gasteiger partial charge in [-0.3, -0.25) is 4.99 Å². The van der Waals surface area contributed by atoms with Gasteiger partial charge < -0.3 is 19.9 Å². The summed E-state index contributed by atoms with van der Waals surface area (Å²) in [5.74, 6) is 2.00. The van der Waals surface area contributed by atoms with Crippen molar-refractivity contribution in [3.8, 4) is 0 Å². The molecule has 1 aromatic carbocycles. The average Bonchev–Trinajstić information content (AvgIpc) is 3.16. The molecule has 0 aliphatic rings. The molecule has 154 valence electrons. The first kappa shape index (κ1) is 22.0. The Hall–Kier alpha value is -2.34. The highest BCUT2D eigenvalue weighted by Gasteiger charge is 2.13. The first-order valence-corrected chi connectivity index (χ1v) is 10.1. The molecule has 2 N–H and O–H groups in total. The monoisotopic (exact) mass is 386 g/mol. The van der Waals surface area contributed by atoms with Crippen LogP contribution < -0.4 is 10.6 Å². The molecule has 2 aromatic rings. The molecule has 6 nitrogen and oxygen atoms in total. The lowest BCUT2D eigenvalue weighted by atomic mass is 9.99. The second kappa shape index (κ2) is 11.5. The van der Waals surface area contributed by atoms with Gasteiger partial charge >= 0.3 is 0 Å². The van der Waals surface area contributed by atoms with Crippen molar-refractivity contribution in [1.82, 2.24) is 15.8 Å². The van der Waals surface area contributed by atoms with Crippen LogP contribution in [0.25, 0.3) is 0 Å². The predicted octanol–water partition coefficient (Wildman–Crippen LogP) is 4.37. The number of rotatable bonds is 10. The van der Waals surface area contributed by atoms with E-state index >= 15 is 0 Å². The third kappa shape index (κ3) is 7.00. The van der Waals surface area contributed by atoms with E-state index in [-0.39, 0.29) is 6.10 Å². The van der Waals surface area contributed by atoms with Gasteiger partial charge in [0.25, 0.3) is 0 Å². The fourth-order valence-electron chi connectivity index (χ4n) is 2.98. The standard InChI is InChI=1S/C22H34N4O2/c1-6-19(7-2)21-12-20(28-26-21)14-25-22(23-5)24-13-17-9-8-10-18(11-17)15-27-16(3)4/h8-12,16,19H,6-7,13-15H2,1-5H3,(H2,23,24,25). The number of nitrogens with zero attached hydrogens (tertiary/aromatic N) is 2. The van der Waals surface area contributed by atoms with E-state index in [0.717, 1.165) is 30.3 Å². The van der Waals surface area contributed by atoms with Crippen molar-refractivity contribution in [2.75, 3.05) is 7.05 Å². The van der Waals surface area contributed by atoms with E-state index in [9.17, 15) is 0 Å². The fourth-order valence-corrected chi connectivity index (χ4v) is 2.98. The Bertz CT molecular complexity index is 736. The number of hydrogen-bond acceptors (Lipinski definition) is 4. The summed E-state index contributed by atoms with van der Waals surface area (Å²) in [5, 5.41) is 10.8. The molecular weight excluding hydrogens is 352 g/mol. The van der Waals surface area contributed by atoms with E-state index in [1.807, 2.05) is 19.9 Å². The maximum Gasteiger partial charge on any atom is 0.191 e. The number of aromatic nitrogens is 1. The number of guanidine groups is 1. The Morgan fingerprint density at radius 3 is 2.50 bits per heavy atom. The molecule has 1 heterocycles. The van der Waals surface area contributed by atoms with Gasteiger partial charge in [-0.05, 0) is 37.8 Å². The lowest BCUT2D eigenvalue weighted by molar-refractivity contribution is 0.0657. The highest BCUT2D eigenvalue weighted by Crippen LogP contribution is 2.22. The highest BCUT2D eigenvalue weighted by molar-refractivity contribution is 5.79. The van der Waals surface area contributed by atoms with Crippen molar-refractivity contribution < 1.29 is 9.26 Å². The van der Waals surface area contributed by atoms with Gasteiger partial charge in [-0.1, -0.05) is 43.3 Å². The molecule has 28 heavy (non-hydrogen) atoms. The molecule has 0 saturated heterocycles. The van der Waals surface area contributed by atoms with Gasteiger partial charge in [0.05, 0.1) is 24.9 Å². The zero-order chi connectivity index (χ0) is 20.4. The first-order valence-electron chi connectivity index (χ1n) is 10.1. The van der Waals surface area contributed by atoms with Gasteiger partial charge in [0.15, 0.2) is 11.7 Å². The van der Waals surface area contributed by atoms with Crippen molar-refractivity contribution >= 4 is 5.96 Å². The van der Waals surface area contributed by atoms with Crippen molar-refractivity contribution in [1.29, 1.82) is 0 Å². The largest absolute Gasteiger partial charge is 0.374 e. The zero-order valence-corrected chi connectivity index (χ0v) is 17.8. The molecule has 0 saturated carbocycles. The second-order valence-corrected chi connectivity index (χ2v) is 7.19. The van der Waals surface area contributed by atoms with Gasteiger partial charge in [-0.15, -0.1) is 0 Å².